The molecule has 1 aromatic heterocycles. The van der Waals surface area contributed by atoms with Gasteiger partial charge in [-0.25, -0.2) is 0 Å². The number of ether oxygens (including phenoxy) is 1. The van der Waals surface area contributed by atoms with Crippen molar-refractivity contribution in [2.24, 2.45) is 0 Å². The molecular formula is C13H14N4O4. The molecular weight excluding hydrogens is 276 g/mol. The van der Waals surface area contributed by atoms with Crippen LogP contribution in [0.4, 0.5) is 5.69 Å². The lowest BCUT2D eigenvalue weighted by molar-refractivity contribution is -0.385. The van der Waals surface area contributed by atoms with Crippen LogP contribution < -0.4 is 10.1 Å². The molecule has 0 bridgehead atoms. The van der Waals surface area contributed by atoms with Gasteiger partial charge < -0.3 is 15.2 Å². The Bertz CT molecular complexity index is 710. The molecule has 0 saturated heterocycles. The number of aromatic nitrogens is 2. The molecule has 0 aliphatic carbocycles. The molecule has 0 fully saturated rings. The molecule has 2 aromatic rings. The predicted octanol–water partition coefficient (Wildman–Crippen LogP) is 1.34. The Balaban J connectivity index is 2.16. The Hall–Kier alpha value is -2.61. The summed E-state index contributed by atoms with van der Waals surface area (Å²) in [5.74, 6) is -0.423. The molecule has 0 atom stereocenters. The fourth-order valence-corrected chi connectivity index (χ4v) is 2.49. The van der Waals surface area contributed by atoms with Gasteiger partial charge in [0.15, 0.2) is 5.75 Å². The number of nitro benzene ring substituents is 1. The smallest absolute Gasteiger partial charge is 0.315 e. The van der Waals surface area contributed by atoms with E-state index in [-0.39, 0.29) is 5.75 Å². The number of rotatable bonds is 3. The van der Waals surface area contributed by atoms with E-state index >= 15 is 0 Å². The van der Waals surface area contributed by atoms with Crippen LogP contribution in [0, 0.1) is 10.1 Å². The summed E-state index contributed by atoms with van der Waals surface area (Å²) >= 11 is 0. The van der Waals surface area contributed by atoms with Gasteiger partial charge in [0.05, 0.1) is 17.7 Å². The number of nitrogens with one attached hydrogen (secondary N) is 2. The van der Waals surface area contributed by atoms with Crippen molar-refractivity contribution in [1.29, 1.82) is 0 Å². The Labute approximate surface area is 119 Å². The molecule has 110 valence electrons. The minimum atomic E-state index is -0.640. The van der Waals surface area contributed by atoms with E-state index in [2.05, 4.69) is 15.5 Å². The molecule has 1 aromatic carbocycles. The Morgan fingerprint density at radius 3 is 3.00 bits per heavy atom. The molecule has 1 aliphatic heterocycles. The maximum Gasteiger partial charge on any atom is 0.315 e. The second kappa shape index (κ2) is 5.06. The number of aromatic amines is 1. The van der Waals surface area contributed by atoms with Crippen LogP contribution in [0.2, 0.25) is 0 Å². The van der Waals surface area contributed by atoms with Crippen molar-refractivity contribution in [3.05, 3.63) is 33.5 Å². The minimum Gasteiger partial charge on any atom is -0.500 e. The number of nitrogens with zero attached hydrogens (tertiary/aromatic N) is 2. The second-order valence-corrected chi connectivity index (χ2v) is 4.76. The number of fused-ring (bicyclic) bond motifs is 1. The largest absolute Gasteiger partial charge is 0.500 e. The van der Waals surface area contributed by atoms with Gasteiger partial charge in [-0.1, -0.05) is 0 Å². The lowest BCUT2D eigenvalue weighted by Crippen LogP contribution is -2.23. The van der Waals surface area contributed by atoms with E-state index in [4.69, 9.17) is 4.74 Å². The Morgan fingerprint density at radius 1 is 1.48 bits per heavy atom. The van der Waals surface area contributed by atoms with Gasteiger partial charge in [0.1, 0.15) is 0 Å². The predicted molar refractivity (Wildman–Crippen MR) is 74.3 cm³/mol. The number of H-pyrrole nitrogens is 1. The Kier molecular flexibility index (Phi) is 3.22. The molecule has 0 amide bonds. The van der Waals surface area contributed by atoms with E-state index in [9.17, 15) is 15.2 Å². The summed E-state index contributed by atoms with van der Waals surface area (Å²) in [7, 11) is 1.35. The molecule has 3 N–H and O–H groups in total. The SMILES string of the molecule is COc1cc(-c2n[nH]c3c2CNCC3)cc([N+](=O)[O-])c1O. The van der Waals surface area contributed by atoms with Crippen LogP contribution in [0.3, 0.4) is 0 Å². The van der Waals surface area contributed by atoms with Crippen LogP contribution >= 0.6 is 0 Å². The first-order valence-electron chi connectivity index (χ1n) is 6.44. The minimum absolute atomic E-state index is 0.0553. The average molecular weight is 290 g/mol. The van der Waals surface area contributed by atoms with Crippen molar-refractivity contribution in [2.75, 3.05) is 13.7 Å². The second-order valence-electron chi connectivity index (χ2n) is 4.76. The molecule has 0 saturated carbocycles. The molecule has 0 radical (unpaired) electrons. The summed E-state index contributed by atoms with van der Waals surface area (Å²) in [4.78, 5) is 10.4. The molecule has 0 unspecified atom stereocenters. The summed E-state index contributed by atoms with van der Waals surface area (Å²) in [5.41, 5.74) is 2.79. The number of hydrogen-bond acceptors (Lipinski definition) is 6. The van der Waals surface area contributed by atoms with E-state index in [0.29, 0.717) is 17.8 Å². The zero-order chi connectivity index (χ0) is 15.0. The van der Waals surface area contributed by atoms with E-state index in [1.165, 1.54) is 13.2 Å². The molecule has 8 nitrogen and oxygen atoms in total. The molecule has 0 spiro atoms. The highest BCUT2D eigenvalue weighted by molar-refractivity contribution is 5.73. The lowest BCUT2D eigenvalue weighted by atomic mass is 10.0. The fraction of sp³-hybridized carbons (Fsp3) is 0.308. The van der Waals surface area contributed by atoms with E-state index in [1.807, 2.05) is 0 Å². The van der Waals surface area contributed by atoms with Crippen molar-refractivity contribution >= 4 is 5.69 Å². The normalized spacial score (nSPS) is 13.8. The number of phenols is 1. The first-order chi connectivity index (χ1) is 10.1. The zero-order valence-electron chi connectivity index (χ0n) is 11.3. The van der Waals surface area contributed by atoms with Crippen molar-refractivity contribution in [3.63, 3.8) is 0 Å². The van der Waals surface area contributed by atoms with Crippen LogP contribution in [-0.4, -0.2) is 33.9 Å². The molecule has 21 heavy (non-hydrogen) atoms. The van der Waals surface area contributed by atoms with E-state index in [1.54, 1.807) is 6.07 Å². The van der Waals surface area contributed by atoms with Gasteiger partial charge in [0.25, 0.3) is 0 Å². The van der Waals surface area contributed by atoms with Crippen molar-refractivity contribution in [2.45, 2.75) is 13.0 Å². The summed E-state index contributed by atoms with van der Waals surface area (Å²) in [6.07, 6.45) is 0.833. The van der Waals surface area contributed by atoms with E-state index < -0.39 is 16.4 Å². The van der Waals surface area contributed by atoms with Gasteiger partial charge in [0, 0.05) is 42.4 Å². The molecule has 8 heteroatoms. The summed E-state index contributed by atoms with van der Waals surface area (Å²) in [5, 5.41) is 31.3. The number of hydrogen-bond donors (Lipinski definition) is 3. The third-order valence-corrected chi connectivity index (χ3v) is 3.55. The van der Waals surface area contributed by atoms with Crippen LogP contribution in [0.25, 0.3) is 11.3 Å². The van der Waals surface area contributed by atoms with Gasteiger partial charge in [-0.3, -0.25) is 15.2 Å². The van der Waals surface area contributed by atoms with Gasteiger partial charge in [-0.2, -0.15) is 5.10 Å². The van der Waals surface area contributed by atoms with Gasteiger partial charge in [0.2, 0.25) is 5.75 Å². The number of phenolic OH excluding ortho intramolecular Hbond substituents is 1. The quantitative estimate of drug-likeness (QED) is 0.580. The highest BCUT2D eigenvalue weighted by atomic mass is 16.6. The number of nitro groups is 1. The number of aromatic hydroxyl groups is 1. The highest BCUT2D eigenvalue weighted by Gasteiger charge is 2.24. The first-order valence-corrected chi connectivity index (χ1v) is 6.44. The van der Waals surface area contributed by atoms with Crippen LogP contribution in [0.1, 0.15) is 11.3 Å². The summed E-state index contributed by atoms with van der Waals surface area (Å²) < 4.78 is 5.01. The highest BCUT2D eigenvalue weighted by Crippen LogP contribution is 2.40. The fourth-order valence-electron chi connectivity index (χ4n) is 2.49. The number of methoxy groups -OCH3 is 1. The first kappa shape index (κ1) is 13.4. The van der Waals surface area contributed by atoms with Gasteiger partial charge in [-0.15, -0.1) is 0 Å². The summed E-state index contributed by atoms with van der Waals surface area (Å²) in [6, 6.07) is 2.86. The van der Waals surface area contributed by atoms with Crippen LogP contribution in [0.15, 0.2) is 12.1 Å². The van der Waals surface area contributed by atoms with Crippen LogP contribution in [0.5, 0.6) is 11.5 Å². The molecule has 3 rings (SSSR count). The van der Waals surface area contributed by atoms with Crippen molar-refractivity contribution in [3.8, 4) is 22.8 Å². The van der Waals surface area contributed by atoms with Gasteiger partial charge in [-0.05, 0) is 6.07 Å². The Morgan fingerprint density at radius 2 is 2.29 bits per heavy atom. The summed E-state index contributed by atoms with van der Waals surface area (Å²) in [6.45, 7) is 1.52. The van der Waals surface area contributed by atoms with Gasteiger partial charge >= 0.3 is 5.69 Å². The molecule has 1 aliphatic rings. The topological polar surface area (TPSA) is 113 Å². The maximum atomic E-state index is 11.0. The zero-order valence-corrected chi connectivity index (χ0v) is 11.3. The maximum absolute atomic E-state index is 11.0. The number of benzene rings is 1. The van der Waals surface area contributed by atoms with Crippen LogP contribution in [-0.2, 0) is 13.0 Å². The molecule has 2 heterocycles. The van der Waals surface area contributed by atoms with Crippen molar-refractivity contribution in [1.82, 2.24) is 15.5 Å². The van der Waals surface area contributed by atoms with E-state index in [0.717, 1.165) is 24.2 Å². The lowest BCUT2D eigenvalue weighted by Gasteiger charge is -2.13. The average Bonchev–Trinajstić information content (AvgIpc) is 2.91. The standard InChI is InChI=1S/C13H14N4O4/c1-21-11-5-7(4-10(13(11)18)17(19)20)12-8-6-14-3-2-9(8)15-16-12/h4-5,14,18H,2-3,6H2,1H3,(H,15,16). The third-order valence-electron chi connectivity index (χ3n) is 3.55. The van der Waals surface area contributed by atoms with Crippen molar-refractivity contribution < 1.29 is 14.8 Å². The third kappa shape index (κ3) is 2.19. The monoisotopic (exact) mass is 290 g/mol.